The lowest BCUT2D eigenvalue weighted by molar-refractivity contribution is 0.324. The summed E-state index contributed by atoms with van der Waals surface area (Å²) in [7, 11) is 0.434. The molecule has 5 aromatic rings. The molecule has 0 saturated heterocycles. The summed E-state index contributed by atoms with van der Waals surface area (Å²) in [4.78, 5) is 4.55. The van der Waals surface area contributed by atoms with Crippen molar-refractivity contribution in [3.05, 3.63) is 102 Å². The number of methoxy groups -OCH3 is 3. The Labute approximate surface area is 244 Å². The third-order valence-corrected chi connectivity index (χ3v) is 8.10. The maximum atomic E-state index is 13.8. The maximum absolute atomic E-state index is 13.8. The molecule has 0 aliphatic heterocycles. The molecule has 0 amide bonds. The molecule has 42 heavy (non-hydrogen) atoms. The third-order valence-electron chi connectivity index (χ3n) is 6.42. The number of oxazole rings is 1. The van der Waals surface area contributed by atoms with Crippen molar-refractivity contribution >= 4 is 15.7 Å². The van der Waals surface area contributed by atoms with Gasteiger partial charge in [-0.1, -0.05) is 48.0 Å². The highest BCUT2D eigenvalue weighted by Gasteiger charge is 2.29. The number of anilines is 1. The van der Waals surface area contributed by atoms with E-state index in [9.17, 15) is 8.42 Å². The first-order valence-electron chi connectivity index (χ1n) is 13.0. The number of nitrogens with zero attached hydrogens (tertiary/aromatic N) is 1. The van der Waals surface area contributed by atoms with Crippen LogP contribution in [0.25, 0.3) is 11.5 Å². The number of rotatable bonds is 11. The van der Waals surface area contributed by atoms with Crippen molar-refractivity contribution in [3.8, 4) is 40.2 Å². The molecule has 0 spiro atoms. The van der Waals surface area contributed by atoms with Gasteiger partial charge in [0.15, 0.2) is 11.5 Å². The minimum Gasteiger partial charge on any atom is -0.493 e. The van der Waals surface area contributed by atoms with Crippen LogP contribution in [0.3, 0.4) is 0 Å². The molecule has 0 radical (unpaired) electrons. The van der Waals surface area contributed by atoms with E-state index in [1.54, 1.807) is 36.4 Å². The average molecular weight is 587 g/mol. The van der Waals surface area contributed by atoms with Gasteiger partial charge in [0.2, 0.25) is 32.4 Å². The Morgan fingerprint density at radius 1 is 0.786 bits per heavy atom. The highest BCUT2D eigenvalue weighted by molar-refractivity contribution is 7.91. The average Bonchev–Trinajstić information content (AvgIpc) is 3.45. The number of sulfone groups is 1. The quantitative estimate of drug-likeness (QED) is 0.176. The molecular formula is C32H30N2O7S. The van der Waals surface area contributed by atoms with Gasteiger partial charge in [-0.3, -0.25) is 0 Å². The number of ether oxygens (including phenoxy) is 4. The van der Waals surface area contributed by atoms with Crippen LogP contribution >= 0.6 is 0 Å². The van der Waals surface area contributed by atoms with Crippen molar-refractivity contribution in [2.75, 3.05) is 26.6 Å². The van der Waals surface area contributed by atoms with Gasteiger partial charge in [-0.25, -0.2) is 8.42 Å². The Morgan fingerprint density at radius 2 is 1.45 bits per heavy atom. The number of aromatic nitrogens is 1. The van der Waals surface area contributed by atoms with Crippen LogP contribution < -0.4 is 24.3 Å². The molecule has 216 valence electrons. The van der Waals surface area contributed by atoms with Crippen molar-refractivity contribution in [2.45, 2.75) is 23.4 Å². The summed E-state index contributed by atoms with van der Waals surface area (Å²) in [6.07, 6.45) is 0. The number of para-hydroxylation sites is 1. The SMILES string of the molecule is COc1cc(-c2nc(S(=O)(=O)c3ccc(C)cc3)c(NCc3cccc(Oc4ccccc4)c3)o2)cc(OC)c1OC. The largest absolute Gasteiger partial charge is 0.493 e. The fraction of sp³-hybridized carbons (Fsp3) is 0.156. The molecule has 4 aromatic carbocycles. The minimum atomic E-state index is -4.05. The van der Waals surface area contributed by atoms with E-state index in [2.05, 4.69) is 10.3 Å². The fourth-order valence-corrected chi connectivity index (χ4v) is 5.56. The first-order valence-corrected chi connectivity index (χ1v) is 14.5. The van der Waals surface area contributed by atoms with Gasteiger partial charge in [-0.05, 0) is 61.0 Å². The van der Waals surface area contributed by atoms with Gasteiger partial charge in [0.25, 0.3) is 0 Å². The van der Waals surface area contributed by atoms with Crippen molar-refractivity contribution in [2.24, 2.45) is 0 Å². The lowest BCUT2D eigenvalue weighted by atomic mass is 10.2. The highest BCUT2D eigenvalue weighted by Crippen LogP contribution is 2.42. The van der Waals surface area contributed by atoms with Crippen LogP contribution in [-0.4, -0.2) is 34.7 Å². The van der Waals surface area contributed by atoms with E-state index < -0.39 is 9.84 Å². The second-order valence-corrected chi connectivity index (χ2v) is 11.2. The summed E-state index contributed by atoms with van der Waals surface area (Å²) in [5.41, 5.74) is 2.21. The van der Waals surface area contributed by atoms with Crippen LogP contribution in [0.15, 0.2) is 105 Å². The van der Waals surface area contributed by atoms with E-state index in [0.29, 0.717) is 34.3 Å². The Bertz CT molecular complexity index is 1760. The molecule has 0 unspecified atom stereocenters. The number of hydrogen-bond acceptors (Lipinski definition) is 9. The molecule has 0 saturated carbocycles. The summed E-state index contributed by atoms with van der Waals surface area (Å²) in [5, 5.41) is 2.88. The van der Waals surface area contributed by atoms with Gasteiger partial charge in [-0.2, -0.15) is 4.98 Å². The smallest absolute Gasteiger partial charge is 0.234 e. The molecule has 0 bridgehead atoms. The standard InChI is InChI=1S/C32H30N2O7S/c1-21-13-15-26(16-14-21)42(35,36)32-31(33-20-22-9-8-12-25(17-22)40-24-10-6-5-7-11-24)41-30(34-32)23-18-27(37-2)29(39-4)28(19-23)38-3/h5-19,33H,20H2,1-4H3. The molecular weight excluding hydrogens is 556 g/mol. The third kappa shape index (κ3) is 6.03. The number of benzene rings is 4. The van der Waals surface area contributed by atoms with Gasteiger partial charge < -0.3 is 28.7 Å². The second kappa shape index (κ2) is 12.3. The normalized spacial score (nSPS) is 11.1. The molecule has 0 aliphatic rings. The zero-order valence-corrected chi connectivity index (χ0v) is 24.4. The molecule has 10 heteroatoms. The van der Waals surface area contributed by atoms with E-state index in [4.69, 9.17) is 23.4 Å². The van der Waals surface area contributed by atoms with Crippen LogP contribution in [0, 0.1) is 6.92 Å². The number of hydrogen-bond donors (Lipinski definition) is 1. The van der Waals surface area contributed by atoms with E-state index in [1.807, 2.05) is 61.5 Å². The molecule has 0 aliphatic carbocycles. The summed E-state index contributed by atoms with van der Waals surface area (Å²) in [6, 6.07) is 26.8. The molecule has 1 N–H and O–H groups in total. The first-order chi connectivity index (χ1) is 20.3. The number of aryl methyl sites for hydroxylation is 1. The molecule has 5 rings (SSSR count). The van der Waals surface area contributed by atoms with Crippen molar-refractivity contribution in [3.63, 3.8) is 0 Å². The van der Waals surface area contributed by atoms with Crippen LogP contribution in [0.2, 0.25) is 0 Å². The molecule has 1 heterocycles. The van der Waals surface area contributed by atoms with E-state index in [-0.39, 0.29) is 28.2 Å². The lowest BCUT2D eigenvalue weighted by Gasteiger charge is -2.12. The summed E-state index contributed by atoms with van der Waals surface area (Å²) in [5.74, 6) is 2.54. The summed E-state index contributed by atoms with van der Waals surface area (Å²) < 4.78 is 55.9. The molecule has 0 fully saturated rings. The lowest BCUT2D eigenvalue weighted by Crippen LogP contribution is -2.07. The predicted molar refractivity (Wildman–Crippen MR) is 159 cm³/mol. The van der Waals surface area contributed by atoms with Crippen molar-refractivity contribution < 1.29 is 31.8 Å². The first kappa shape index (κ1) is 28.6. The molecule has 1 aromatic heterocycles. The summed E-state index contributed by atoms with van der Waals surface area (Å²) in [6.45, 7) is 2.13. The van der Waals surface area contributed by atoms with Crippen LogP contribution in [-0.2, 0) is 16.4 Å². The van der Waals surface area contributed by atoms with E-state index in [0.717, 1.165) is 11.1 Å². The van der Waals surface area contributed by atoms with Crippen LogP contribution in [0.4, 0.5) is 5.88 Å². The van der Waals surface area contributed by atoms with E-state index >= 15 is 0 Å². The Kier molecular flexibility index (Phi) is 8.35. The van der Waals surface area contributed by atoms with E-state index in [1.165, 1.54) is 21.3 Å². The Balaban J connectivity index is 1.52. The van der Waals surface area contributed by atoms with Gasteiger partial charge in [0.05, 0.1) is 26.2 Å². The minimum absolute atomic E-state index is 0.00583. The van der Waals surface area contributed by atoms with Gasteiger partial charge >= 0.3 is 0 Å². The van der Waals surface area contributed by atoms with Crippen LogP contribution in [0.1, 0.15) is 11.1 Å². The van der Waals surface area contributed by atoms with Crippen molar-refractivity contribution in [1.29, 1.82) is 0 Å². The number of nitrogens with one attached hydrogen (secondary N) is 1. The fourth-order valence-electron chi connectivity index (χ4n) is 4.28. The highest BCUT2D eigenvalue weighted by atomic mass is 32.2. The zero-order valence-electron chi connectivity index (χ0n) is 23.6. The van der Waals surface area contributed by atoms with Crippen molar-refractivity contribution in [1.82, 2.24) is 4.98 Å². The topological polar surface area (TPSA) is 109 Å². The van der Waals surface area contributed by atoms with Gasteiger partial charge in [-0.15, -0.1) is 0 Å². The zero-order chi connectivity index (χ0) is 29.7. The van der Waals surface area contributed by atoms with Gasteiger partial charge in [0, 0.05) is 12.1 Å². The molecule has 9 nitrogen and oxygen atoms in total. The maximum Gasteiger partial charge on any atom is 0.234 e. The monoisotopic (exact) mass is 586 g/mol. The predicted octanol–water partition coefficient (Wildman–Crippen LogP) is 6.91. The Hall–Kier alpha value is -4.96. The summed E-state index contributed by atoms with van der Waals surface area (Å²) >= 11 is 0. The van der Waals surface area contributed by atoms with Crippen LogP contribution in [0.5, 0.6) is 28.7 Å². The van der Waals surface area contributed by atoms with Gasteiger partial charge in [0.1, 0.15) is 11.5 Å². The Morgan fingerprint density at radius 3 is 2.10 bits per heavy atom. The second-order valence-electron chi connectivity index (χ2n) is 9.30. The molecule has 0 atom stereocenters.